The quantitative estimate of drug-likeness (QED) is 0.872. The number of rotatable bonds is 3. The average Bonchev–Trinajstić information content (AvgIpc) is 2.29. The maximum Gasteiger partial charge on any atom is 0.0408 e. The molecular weight excluding hydrogens is 230 g/mol. The van der Waals surface area contributed by atoms with Crippen LogP contribution in [0.5, 0.6) is 0 Å². The molecule has 0 saturated heterocycles. The molecule has 2 N–H and O–H groups in total. The maximum atomic E-state index is 6.20. The first-order chi connectivity index (χ1) is 8.15. The van der Waals surface area contributed by atoms with E-state index in [-0.39, 0.29) is 6.04 Å². The molecule has 0 aromatic heterocycles. The van der Waals surface area contributed by atoms with Crippen LogP contribution in [0.15, 0.2) is 48.5 Å². The van der Waals surface area contributed by atoms with Gasteiger partial charge in [0.1, 0.15) is 0 Å². The van der Waals surface area contributed by atoms with E-state index in [0.29, 0.717) is 0 Å². The molecule has 0 aliphatic carbocycles. The Bertz CT molecular complexity index is 508. The summed E-state index contributed by atoms with van der Waals surface area (Å²) in [5, 5.41) is 0.763. The lowest BCUT2D eigenvalue weighted by Gasteiger charge is -2.13. The van der Waals surface area contributed by atoms with Gasteiger partial charge in [-0.25, -0.2) is 0 Å². The van der Waals surface area contributed by atoms with Gasteiger partial charge >= 0.3 is 0 Å². The van der Waals surface area contributed by atoms with Gasteiger partial charge in [-0.2, -0.15) is 0 Å². The summed E-state index contributed by atoms with van der Waals surface area (Å²) in [5.41, 5.74) is 9.79. The van der Waals surface area contributed by atoms with Crippen molar-refractivity contribution >= 4 is 11.6 Å². The lowest BCUT2D eigenvalue weighted by atomic mass is 9.98. The van der Waals surface area contributed by atoms with Gasteiger partial charge in [-0.3, -0.25) is 0 Å². The smallest absolute Gasteiger partial charge is 0.0408 e. The first-order valence-corrected chi connectivity index (χ1v) is 6.09. The largest absolute Gasteiger partial charge is 0.324 e. The van der Waals surface area contributed by atoms with Crippen molar-refractivity contribution in [3.63, 3.8) is 0 Å². The number of benzene rings is 2. The number of hydrogen-bond donors (Lipinski definition) is 1. The van der Waals surface area contributed by atoms with E-state index in [2.05, 4.69) is 31.2 Å². The zero-order chi connectivity index (χ0) is 12.3. The highest BCUT2D eigenvalue weighted by Gasteiger charge is 2.07. The minimum Gasteiger partial charge on any atom is -0.324 e. The summed E-state index contributed by atoms with van der Waals surface area (Å²) in [6, 6.07) is 16.2. The molecule has 0 fully saturated rings. The highest BCUT2D eigenvalue weighted by molar-refractivity contribution is 6.30. The number of halogens is 1. The van der Waals surface area contributed by atoms with Crippen LogP contribution in [0.4, 0.5) is 0 Å². The molecule has 0 aliphatic heterocycles. The van der Waals surface area contributed by atoms with Crippen LogP contribution >= 0.6 is 11.6 Å². The Hall–Kier alpha value is -1.31. The predicted molar refractivity (Wildman–Crippen MR) is 73.3 cm³/mol. The molecular formula is C15H16ClN. The molecule has 17 heavy (non-hydrogen) atoms. The van der Waals surface area contributed by atoms with Crippen molar-refractivity contribution < 1.29 is 0 Å². The Kier molecular flexibility index (Phi) is 3.82. The first-order valence-electron chi connectivity index (χ1n) is 5.72. The van der Waals surface area contributed by atoms with Gasteiger partial charge in [-0.05, 0) is 36.6 Å². The minimum absolute atomic E-state index is 0.0216. The Morgan fingerprint density at radius 2 is 1.88 bits per heavy atom. The van der Waals surface area contributed by atoms with Crippen molar-refractivity contribution in [2.45, 2.75) is 19.4 Å². The number of nitrogens with two attached hydrogens (primary N) is 1. The highest BCUT2D eigenvalue weighted by Crippen LogP contribution is 2.19. The van der Waals surface area contributed by atoms with Crippen LogP contribution in [0, 0.1) is 6.92 Å². The third-order valence-electron chi connectivity index (χ3n) is 2.81. The monoisotopic (exact) mass is 245 g/mol. The van der Waals surface area contributed by atoms with Gasteiger partial charge in [0.25, 0.3) is 0 Å². The van der Waals surface area contributed by atoms with Crippen LogP contribution < -0.4 is 5.73 Å². The van der Waals surface area contributed by atoms with Crippen molar-refractivity contribution in [3.05, 3.63) is 70.2 Å². The second-order valence-electron chi connectivity index (χ2n) is 4.35. The zero-order valence-corrected chi connectivity index (χ0v) is 10.6. The van der Waals surface area contributed by atoms with Crippen molar-refractivity contribution in [1.82, 2.24) is 0 Å². The fraction of sp³-hybridized carbons (Fsp3) is 0.200. The van der Waals surface area contributed by atoms with Gasteiger partial charge < -0.3 is 5.73 Å². The van der Waals surface area contributed by atoms with E-state index in [1.807, 2.05) is 24.3 Å². The van der Waals surface area contributed by atoms with Gasteiger partial charge in [0.15, 0.2) is 0 Å². The Balaban J connectivity index is 2.14. The van der Waals surface area contributed by atoms with E-state index in [9.17, 15) is 0 Å². The lowest BCUT2D eigenvalue weighted by molar-refractivity contribution is 0.721. The average molecular weight is 246 g/mol. The maximum absolute atomic E-state index is 6.20. The van der Waals surface area contributed by atoms with Crippen molar-refractivity contribution in [1.29, 1.82) is 0 Å². The minimum atomic E-state index is 0.0216. The van der Waals surface area contributed by atoms with Crippen LogP contribution in [-0.2, 0) is 6.42 Å². The molecule has 1 nitrogen and oxygen atoms in total. The summed E-state index contributed by atoms with van der Waals surface area (Å²) in [5.74, 6) is 0. The van der Waals surface area contributed by atoms with E-state index < -0.39 is 0 Å². The highest BCUT2D eigenvalue weighted by atomic mass is 35.5. The van der Waals surface area contributed by atoms with Gasteiger partial charge in [-0.15, -0.1) is 0 Å². The molecule has 0 spiro atoms. The Morgan fingerprint density at radius 1 is 1.12 bits per heavy atom. The second kappa shape index (κ2) is 5.35. The third kappa shape index (κ3) is 3.32. The predicted octanol–water partition coefficient (Wildman–Crippen LogP) is 3.89. The fourth-order valence-corrected chi connectivity index (χ4v) is 2.15. The molecule has 0 saturated carbocycles. The summed E-state index contributed by atoms with van der Waals surface area (Å²) in [6.45, 7) is 2.08. The van der Waals surface area contributed by atoms with Crippen molar-refractivity contribution in [3.8, 4) is 0 Å². The molecule has 2 rings (SSSR count). The second-order valence-corrected chi connectivity index (χ2v) is 4.79. The summed E-state index contributed by atoms with van der Waals surface area (Å²) in [4.78, 5) is 0. The Labute approximate surface area is 107 Å². The molecule has 2 aromatic rings. The van der Waals surface area contributed by atoms with Crippen molar-refractivity contribution in [2.24, 2.45) is 5.73 Å². The molecule has 2 aromatic carbocycles. The van der Waals surface area contributed by atoms with Crippen LogP contribution in [0.3, 0.4) is 0 Å². The van der Waals surface area contributed by atoms with Gasteiger partial charge in [-0.1, -0.05) is 53.6 Å². The molecule has 1 atom stereocenters. The molecule has 1 unspecified atom stereocenters. The summed E-state index contributed by atoms with van der Waals surface area (Å²) < 4.78 is 0. The van der Waals surface area contributed by atoms with E-state index in [1.165, 1.54) is 16.7 Å². The first kappa shape index (κ1) is 12.2. The van der Waals surface area contributed by atoms with Gasteiger partial charge in [0.05, 0.1) is 0 Å². The number of aryl methyl sites for hydroxylation is 1. The summed E-state index contributed by atoms with van der Waals surface area (Å²) >= 11 is 5.96. The molecule has 0 amide bonds. The van der Waals surface area contributed by atoms with E-state index in [4.69, 9.17) is 17.3 Å². The molecule has 0 bridgehead atoms. The Morgan fingerprint density at radius 3 is 2.59 bits per heavy atom. The third-order valence-corrected chi connectivity index (χ3v) is 3.05. The number of hydrogen-bond acceptors (Lipinski definition) is 1. The summed E-state index contributed by atoms with van der Waals surface area (Å²) in [6.07, 6.45) is 0.810. The molecule has 0 aliphatic rings. The van der Waals surface area contributed by atoms with E-state index in [0.717, 1.165) is 11.4 Å². The van der Waals surface area contributed by atoms with E-state index in [1.54, 1.807) is 0 Å². The normalized spacial score (nSPS) is 12.4. The molecule has 2 heteroatoms. The SMILES string of the molecule is Cc1cccc(C(N)Cc2cccc(Cl)c2)c1. The van der Waals surface area contributed by atoms with Crippen LogP contribution in [-0.4, -0.2) is 0 Å². The standard InChI is InChI=1S/C15H16ClN/c1-11-4-2-6-13(8-11)15(17)10-12-5-3-7-14(16)9-12/h2-9,15H,10,17H2,1H3. The molecule has 88 valence electrons. The van der Waals surface area contributed by atoms with Crippen LogP contribution in [0.25, 0.3) is 0 Å². The topological polar surface area (TPSA) is 26.0 Å². The van der Waals surface area contributed by atoms with Crippen LogP contribution in [0.1, 0.15) is 22.7 Å². The van der Waals surface area contributed by atoms with Crippen molar-refractivity contribution in [2.75, 3.05) is 0 Å². The summed E-state index contributed by atoms with van der Waals surface area (Å²) in [7, 11) is 0. The molecule has 0 radical (unpaired) electrons. The zero-order valence-electron chi connectivity index (χ0n) is 9.86. The van der Waals surface area contributed by atoms with Gasteiger partial charge in [0, 0.05) is 11.1 Å². The fourth-order valence-electron chi connectivity index (χ4n) is 1.94. The molecule has 0 heterocycles. The van der Waals surface area contributed by atoms with Crippen LogP contribution in [0.2, 0.25) is 5.02 Å². The lowest BCUT2D eigenvalue weighted by Crippen LogP contribution is -2.13. The van der Waals surface area contributed by atoms with Gasteiger partial charge in [0.2, 0.25) is 0 Å². The van der Waals surface area contributed by atoms with E-state index >= 15 is 0 Å².